The Bertz CT molecular complexity index is 734. The second-order valence-corrected chi connectivity index (χ2v) is 6.33. The minimum absolute atomic E-state index is 0.0384. The summed E-state index contributed by atoms with van der Waals surface area (Å²) in [6, 6.07) is 1.92. The molecule has 0 aromatic carbocycles. The molecular weight excluding hydrogens is 330 g/mol. The summed E-state index contributed by atoms with van der Waals surface area (Å²) in [5.41, 5.74) is 1.72. The molecule has 3 rings (SSSR count). The zero-order valence-corrected chi connectivity index (χ0v) is 14.4. The van der Waals surface area contributed by atoms with E-state index in [1.165, 1.54) is 0 Å². The number of halogens is 1. The first-order chi connectivity index (χ1) is 11.5. The summed E-state index contributed by atoms with van der Waals surface area (Å²) in [5, 5.41) is 0.344. The highest BCUT2D eigenvalue weighted by molar-refractivity contribution is 6.30. The Balaban J connectivity index is 1.54. The minimum atomic E-state index is -0.181. The lowest BCUT2D eigenvalue weighted by Crippen LogP contribution is -2.61. The number of nitrogens with zero attached hydrogens (tertiary/aromatic N) is 3. The van der Waals surface area contributed by atoms with Crippen LogP contribution in [0.1, 0.15) is 28.8 Å². The van der Waals surface area contributed by atoms with E-state index in [-0.39, 0.29) is 23.7 Å². The van der Waals surface area contributed by atoms with Gasteiger partial charge in [0.2, 0.25) is 5.91 Å². The first kappa shape index (κ1) is 16.6. The third-order valence-corrected chi connectivity index (χ3v) is 4.71. The van der Waals surface area contributed by atoms with E-state index in [2.05, 4.69) is 15.0 Å². The average molecular weight is 350 g/mol. The van der Waals surface area contributed by atoms with Gasteiger partial charge < -0.3 is 19.8 Å². The van der Waals surface area contributed by atoms with Crippen molar-refractivity contribution in [3.05, 3.63) is 40.7 Å². The van der Waals surface area contributed by atoms with Crippen LogP contribution in [0.25, 0.3) is 0 Å². The number of rotatable bonds is 5. The van der Waals surface area contributed by atoms with Crippen LogP contribution < -0.4 is 0 Å². The monoisotopic (exact) mass is 349 g/mol. The molecule has 0 radical (unpaired) electrons. The molecule has 0 spiro atoms. The van der Waals surface area contributed by atoms with Crippen LogP contribution in [0.4, 0.5) is 0 Å². The number of imidazole rings is 1. The van der Waals surface area contributed by atoms with Gasteiger partial charge >= 0.3 is 0 Å². The van der Waals surface area contributed by atoms with Gasteiger partial charge in [0.05, 0.1) is 18.2 Å². The van der Waals surface area contributed by atoms with E-state index in [0.29, 0.717) is 31.1 Å². The number of hydrogen-bond acceptors (Lipinski definition) is 3. The van der Waals surface area contributed by atoms with Crippen LogP contribution in [0.2, 0.25) is 5.15 Å². The fraction of sp³-hybridized carbons (Fsp3) is 0.438. The van der Waals surface area contributed by atoms with E-state index in [4.69, 9.17) is 11.6 Å². The number of H-pyrrole nitrogens is 2. The lowest BCUT2D eigenvalue weighted by atomic mass is 10.1. The molecule has 0 atom stereocenters. The average Bonchev–Trinajstić information content (AvgIpc) is 3.14. The molecule has 1 aliphatic heterocycles. The van der Waals surface area contributed by atoms with E-state index in [9.17, 15) is 9.59 Å². The standard InChI is InChI=1S/C16H20ClN5O2/c1-3-12-14(17)20-15(19-12)16(24)22-8-11(9-22)21(2)13(23)6-10-4-5-18-7-10/h4-5,7,11,18H,3,6,8-9H2,1-2H3,(H,19,20). The summed E-state index contributed by atoms with van der Waals surface area (Å²) in [6.45, 7) is 2.96. The number of aromatic amines is 2. The van der Waals surface area contributed by atoms with Gasteiger partial charge in [-0.2, -0.15) is 0 Å². The molecule has 0 bridgehead atoms. The van der Waals surface area contributed by atoms with Gasteiger partial charge in [-0.3, -0.25) is 9.59 Å². The quantitative estimate of drug-likeness (QED) is 0.857. The van der Waals surface area contributed by atoms with Gasteiger partial charge in [0.1, 0.15) is 0 Å². The van der Waals surface area contributed by atoms with E-state index in [0.717, 1.165) is 11.3 Å². The van der Waals surface area contributed by atoms with Crippen LogP contribution in [0, 0.1) is 0 Å². The van der Waals surface area contributed by atoms with Gasteiger partial charge in [0, 0.05) is 32.5 Å². The van der Waals surface area contributed by atoms with Crippen LogP contribution in [0.5, 0.6) is 0 Å². The molecular formula is C16H20ClN5O2. The van der Waals surface area contributed by atoms with Gasteiger partial charge in [-0.1, -0.05) is 18.5 Å². The first-order valence-corrected chi connectivity index (χ1v) is 8.28. The zero-order valence-electron chi connectivity index (χ0n) is 13.7. The van der Waals surface area contributed by atoms with Gasteiger partial charge in [0.25, 0.3) is 5.91 Å². The maximum atomic E-state index is 12.4. The molecule has 0 aliphatic carbocycles. The Labute approximate surface area is 145 Å². The van der Waals surface area contributed by atoms with Crippen LogP contribution in [0.15, 0.2) is 18.5 Å². The highest BCUT2D eigenvalue weighted by Crippen LogP contribution is 2.19. The third-order valence-electron chi connectivity index (χ3n) is 4.39. The summed E-state index contributed by atoms with van der Waals surface area (Å²) in [5.74, 6) is 0.122. The zero-order chi connectivity index (χ0) is 17.3. The Hall–Kier alpha value is -2.28. The van der Waals surface area contributed by atoms with E-state index >= 15 is 0 Å². The predicted octanol–water partition coefficient (Wildman–Crippen LogP) is 1.48. The van der Waals surface area contributed by atoms with Gasteiger partial charge in [-0.25, -0.2) is 4.98 Å². The van der Waals surface area contributed by atoms with Crippen molar-refractivity contribution in [2.45, 2.75) is 25.8 Å². The summed E-state index contributed by atoms with van der Waals surface area (Å²) in [4.78, 5) is 38.0. The van der Waals surface area contributed by atoms with Crippen molar-refractivity contribution in [1.29, 1.82) is 0 Å². The molecule has 3 heterocycles. The number of likely N-dealkylation sites (N-methyl/N-ethyl adjacent to an activating group) is 1. The van der Waals surface area contributed by atoms with Crippen molar-refractivity contribution < 1.29 is 9.59 Å². The smallest absolute Gasteiger partial charge is 0.289 e. The van der Waals surface area contributed by atoms with E-state index in [1.807, 2.05) is 19.2 Å². The van der Waals surface area contributed by atoms with Crippen molar-refractivity contribution in [2.24, 2.45) is 0 Å². The number of aryl methyl sites for hydroxylation is 1. The Morgan fingerprint density at radius 1 is 1.46 bits per heavy atom. The van der Waals surface area contributed by atoms with Crippen molar-refractivity contribution in [2.75, 3.05) is 20.1 Å². The van der Waals surface area contributed by atoms with Crippen molar-refractivity contribution in [3.8, 4) is 0 Å². The second kappa shape index (κ2) is 6.68. The van der Waals surface area contributed by atoms with Gasteiger partial charge in [0.15, 0.2) is 11.0 Å². The SMILES string of the molecule is CCc1[nH]c(C(=O)N2CC(N(C)C(=O)Cc3cc[nH]c3)C2)nc1Cl. The van der Waals surface area contributed by atoms with E-state index in [1.54, 1.807) is 23.0 Å². The van der Waals surface area contributed by atoms with Crippen molar-refractivity contribution in [3.63, 3.8) is 0 Å². The number of aromatic nitrogens is 3. The molecule has 8 heteroatoms. The molecule has 1 saturated heterocycles. The van der Waals surface area contributed by atoms with Crippen molar-refractivity contribution in [1.82, 2.24) is 24.8 Å². The van der Waals surface area contributed by atoms with Crippen LogP contribution in [-0.4, -0.2) is 62.7 Å². The Morgan fingerprint density at radius 3 is 2.79 bits per heavy atom. The lowest BCUT2D eigenvalue weighted by molar-refractivity contribution is -0.133. The number of likely N-dealkylation sites (tertiary alicyclic amines) is 1. The molecule has 2 N–H and O–H groups in total. The predicted molar refractivity (Wildman–Crippen MR) is 89.9 cm³/mol. The molecule has 2 aromatic heterocycles. The molecule has 1 fully saturated rings. The largest absolute Gasteiger partial charge is 0.367 e. The van der Waals surface area contributed by atoms with Crippen LogP contribution in [-0.2, 0) is 17.6 Å². The van der Waals surface area contributed by atoms with Gasteiger partial charge in [-0.15, -0.1) is 0 Å². The van der Waals surface area contributed by atoms with Crippen molar-refractivity contribution >= 4 is 23.4 Å². The summed E-state index contributed by atoms with van der Waals surface area (Å²) in [6.07, 6.45) is 4.66. The maximum absolute atomic E-state index is 12.4. The molecule has 7 nitrogen and oxygen atoms in total. The number of nitrogens with one attached hydrogen (secondary N) is 2. The number of hydrogen-bond donors (Lipinski definition) is 2. The number of carbonyl (C=O) groups is 2. The third kappa shape index (κ3) is 3.17. The molecule has 2 aromatic rings. The maximum Gasteiger partial charge on any atom is 0.289 e. The molecule has 2 amide bonds. The number of carbonyl (C=O) groups excluding carboxylic acids is 2. The van der Waals surface area contributed by atoms with Gasteiger partial charge in [-0.05, 0) is 18.1 Å². The topological polar surface area (TPSA) is 85.1 Å². The molecule has 0 unspecified atom stereocenters. The minimum Gasteiger partial charge on any atom is -0.367 e. The summed E-state index contributed by atoms with van der Waals surface area (Å²) >= 11 is 5.97. The summed E-state index contributed by atoms with van der Waals surface area (Å²) in [7, 11) is 1.78. The van der Waals surface area contributed by atoms with E-state index < -0.39 is 0 Å². The fourth-order valence-electron chi connectivity index (χ4n) is 2.71. The fourth-order valence-corrected chi connectivity index (χ4v) is 2.98. The molecule has 1 aliphatic rings. The Kier molecular flexibility index (Phi) is 4.62. The van der Waals surface area contributed by atoms with Crippen LogP contribution in [0.3, 0.4) is 0 Å². The number of amides is 2. The molecule has 24 heavy (non-hydrogen) atoms. The lowest BCUT2D eigenvalue weighted by Gasteiger charge is -2.43. The van der Waals surface area contributed by atoms with Crippen LogP contribution >= 0.6 is 11.6 Å². The normalized spacial score (nSPS) is 14.5. The summed E-state index contributed by atoms with van der Waals surface area (Å²) < 4.78 is 0. The highest BCUT2D eigenvalue weighted by atomic mass is 35.5. The molecule has 128 valence electrons. The first-order valence-electron chi connectivity index (χ1n) is 7.90. The Morgan fingerprint density at radius 2 is 2.21 bits per heavy atom. The highest BCUT2D eigenvalue weighted by Gasteiger charge is 2.36. The molecule has 0 saturated carbocycles. The second-order valence-electron chi connectivity index (χ2n) is 5.97.